The van der Waals surface area contributed by atoms with Gasteiger partial charge in [0.25, 0.3) is 0 Å². The summed E-state index contributed by atoms with van der Waals surface area (Å²) in [6.45, 7) is 4.43. The molecule has 3 heterocycles. The van der Waals surface area contributed by atoms with Crippen LogP contribution in [0.25, 0.3) is 10.6 Å². The van der Waals surface area contributed by atoms with Crippen molar-refractivity contribution < 1.29 is 9.47 Å². The smallest absolute Gasteiger partial charge is 0.193 e. The number of piperidine rings is 1. The quantitative estimate of drug-likeness (QED) is 0.300. The lowest BCUT2D eigenvalue weighted by Gasteiger charge is -2.35. The Labute approximate surface area is 212 Å². The second-order valence-electron chi connectivity index (χ2n) is 8.24. The number of aromatic nitrogens is 1. The van der Waals surface area contributed by atoms with Gasteiger partial charge in [-0.1, -0.05) is 30.3 Å². The number of hydrogen-bond acceptors (Lipinski definition) is 5. The van der Waals surface area contributed by atoms with Gasteiger partial charge in [0.2, 0.25) is 0 Å². The Morgan fingerprint density at radius 3 is 2.75 bits per heavy atom. The fourth-order valence-electron chi connectivity index (χ4n) is 4.19. The Morgan fingerprint density at radius 1 is 1.22 bits per heavy atom. The van der Waals surface area contributed by atoms with Gasteiger partial charge < -0.3 is 19.7 Å². The summed E-state index contributed by atoms with van der Waals surface area (Å²) in [5, 5.41) is 6.76. The van der Waals surface area contributed by atoms with Gasteiger partial charge in [-0.25, -0.2) is 4.98 Å². The van der Waals surface area contributed by atoms with Gasteiger partial charge in [0, 0.05) is 50.7 Å². The predicted octanol–water partition coefficient (Wildman–Crippen LogP) is 4.60. The second kappa shape index (κ2) is 13.5. The molecule has 6 nitrogen and oxygen atoms in total. The fraction of sp³-hybridized carbons (Fsp3) is 0.583. The lowest BCUT2D eigenvalue weighted by atomic mass is 10.1. The number of aliphatic imine (C=N–C) groups is 1. The topological polar surface area (TPSA) is 59.0 Å². The number of nitrogens with one attached hydrogen (secondary N) is 1. The average Bonchev–Trinajstić information content (AvgIpc) is 3.31. The zero-order valence-electron chi connectivity index (χ0n) is 18.9. The van der Waals surface area contributed by atoms with E-state index < -0.39 is 0 Å². The molecule has 1 atom stereocenters. The van der Waals surface area contributed by atoms with Crippen LogP contribution in [0, 0.1) is 0 Å². The summed E-state index contributed by atoms with van der Waals surface area (Å²) < 4.78 is 11.9. The number of thiazole rings is 1. The third kappa shape index (κ3) is 7.40. The average molecular weight is 571 g/mol. The summed E-state index contributed by atoms with van der Waals surface area (Å²) in [6, 6.07) is 10.4. The van der Waals surface area contributed by atoms with Gasteiger partial charge in [-0.3, -0.25) is 4.99 Å². The van der Waals surface area contributed by atoms with Crippen LogP contribution in [0.15, 0.2) is 40.7 Å². The molecule has 2 aromatic rings. The largest absolute Gasteiger partial charge is 0.376 e. The second-order valence-corrected chi connectivity index (χ2v) is 9.10. The number of ether oxygens (including phenoxy) is 2. The van der Waals surface area contributed by atoms with Crippen LogP contribution in [0.1, 0.15) is 37.8 Å². The van der Waals surface area contributed by atoms with Crippen LogP contribution in [0.4, 0.5) is 0 Å². The third-order valence-corrected chi connectivity index (χ3v) is 6.92. The van der Waals surface area contributed by atoms with Crippen molar-refractivity contribution in [2.24, 2.45) is 4.99 Å². The Balaban J connectivity index is 0.00000289. The number of benzene rings is 1. The maximum absolute atomic E-state index is 6.14. The maximum Gasteiger partial charge on any atom is 0.193 e. The van der Waals surface area contributed by atoms with Crippen LogP contribution >= 0.6 is 35.3 Å². The van der Waals surface area contributed by atoms with Crippen LogP contribution < -0.4 is 5.32 Å². The molecule has 32 heavy (non-hydrogen) atoms. The molecule has 0 radical (unpaired) electrons. The summed E-state index contributed by atoms with van der Waals surface area (Å²) in [6.07, 6.45) is 7.21. The van der Waals surface area contributed by atoms with Gasteiger partial charge in [-0.05, 0) is 32.1 Å². The molecule has 2 fully saturated rings. The molecule has 176 valence electrons. The summed E-state index contributed by atoms with van der Waals surface area (Å²) in [5.74, 6) is 0.979. The Hall–Kier alpha value is -1.23. The van der Waals surface area contributed by atoms with Crippen molar-refractivity contribution in [1.82, 2.24) is 15.2 Å². The van der Waals surface area contributed by atoms with E-state index in [-0.39, 0.29) is 24.0 Å². The van der Waals surface area contributed by atoms with Crippen molar-refractivity contribution >= 4 is 41.3 Å². The van der Waals surface area contributed by atoms with Crippen LogP contribution in [-0.2, 0) is 15.9 Å². The summed E-state index contributed by atoms with van der Waals surface area (Å²) >= 11 is 1.71. The molecule has 8 heteroatoms. The zero-order chi connectivity index (χ0) is 21.3. The van der Waals surface area contributed by atoms with Crippen molar-refractivity contribution in [1.29, 1.82) is 0 Å². The van der Waals surface area contributed by atoms with Crippen molar-refractivity contribution in [3.8, 4) is 10.6 Å². The molecule has 1 N–H and O–H groups in total. The number of rotatable bonds is 7. The normalized spacial score (nSPS) is 20.1. The minimum Gasteiger partial charge on any atom is -0.376 e. The molecule has 0 saturated carbocycles. The van der Waals surface area contributed by atoms with E-state index in [0.29, 0.717) is 12.2 Å². The van der Waals surface area contributed by atoms with Crippen molar-refractivity contribution in [2.45, 2.75) is 50.7 Å². The van der Waals surface area contributed by atoms with Crippen molar-refractivity contribution in [3.63, 3.8) is 0 Å². The highest BCUT2D eigenvalue weighted by molar-refractivity contribution is 14.0. The first kappa shape index (κ1) is 25.4. The minimum atomic E-state index is 0. The van der Waals surface area contributed by atoms with Gasteiger partial charge in [0.15, 0.2) is 5.96 Å². The number of nitrogens with zero attached hydrogens (tertiary/aromatic N) is 3. The van der Waals surface area contributed by atoms with Crippen LogP contribution in [0.5, 0.6) is 0 Å². The van der Waals surface area contributed by atoms with E-state index in [1.54, 1.807) is 11.3 Å². The molecule has 0 bridgehead atoms. The summed E-state index contributed by atoms with van der Waals surface area (Å²) in [4.78, 5) is 11.6. The minimum absolute atomic E-state index is 0. The molecule has 0 amide bonds. The first-order chi connectivity index (χ1) is 15.3. The molecule has 4 rings (SSSR count). The van der Waals surface area contributed by atoms with E-state index in [9.17, 15) is 0 Å². The van der Waals surface area contributed by atoms with Gasteiger partial charge >= 0.3 is 0 Å². The first-order valence-electron chi connectivity index (χ1n) is 11.5. The molecular weight excluding hydrogens is 535 g/mol. The predicted molar refractivity (Wildman–Crippen MR) is 142 cm³/mol. The molecule has 0 spiro atoms. The molecule has 1 aromatic heterocycles. The van der Waals surface area contributed by atoms with Crippen LogP contribution in [-0.4, -0.2) is 67.9 Å². The standard InChI is InChI=1S/C24H34N4O2S.HI/c1-25-24(26-13-10-20-18-31-23(27-20)19-7-3-2-4-8-19)28-14-11-21(12-15-28)30-17-22-9-5-6-16-29-22;/h2-4,7-8,18,21-22H,5-6,9-17H2,1H3,(H,25,26);1H. The van der Waals surface area contributed by atoms with E-state index in [4.69, 9.17) is 14.5 Å². The van der Waals surface area contributed by atoms with E-state index in [0.717, 1.165) is 75.2 Å². The molecule has 0 aliphatic carbocycles. The highest BCUT2D eigenvalue weighted by Gasteiger charge is 2.23. The fourth-order valence-corrected chi connectivity index (χ4v) is 5.05. The van der Waals surface area contributed by atoms with E-state index in [2.05, 4.69) is 44.9 Å². The monoisotopic (exact) mass is 570 g/mol. The first-order valence-corrected chi connectivity index (χ1v) is 12.4. The highest BCUT2D eigenvalue weighted by Crippen LogP contribution is 2.23. The molecular formula is C24H35IN4O2S. The van der Waals surface area contributed by atoms with E-state index in [1.165, 1.54) is 18.4 Å². The van der Waals surface area contributed by atoms with Crippen LogP contribution in [0.2, 0.25) is 0 Å². The number of halogens is 1. The van der Waals surface area contributed by atoms with Gasteiger partial charge in [0.1, 0.15) is 5.01 Å². The van der Waals surface area contributed by atoms with Gasteiger partial charge in [-0.2, -0.15) is 0 Å². The summed E-state index contributed by atoms with van der Waals surface area (Å²) in [5.41, 5.74) is 2.31. The van der Waals surface area contributed by atoms with Crippen molar-refractivity contribution in [3.05, 3.63) is 41.4 Å². The number of hydrogen-bond donors (Lipinski definition) is 1. The Morgan fingerprint density at radius 2 is 2.03 bits per heavy atom. The molecule has 2 aliphatic rings. The Kier molecular flexibility index (Phi) is 10.7. The maximum atomic E-state index is 6.14. The number of guanidine groups is 1. The lowest BCUT2D eigenvalue weighted by molar-refractivity contribution is -0.0721. The zero-order valence-corrected chi connectivity index (χ0v) is 22.0. The van der Waals surface area contributed by atoms with E-state index in [1.807, 2.05) is 13.1 Å². The van der Waals surface area contributed by atoms with Gasteiger partial charge in [-0.15, -0.1) is 35.3 Å². The Bertz CT molecular complexity index is 818. The SMILES string of the molecule is CN=C(NCCc1csc(-c2ccccc2)n1)N1CCC(OCC2CCCCO2)CC1.I. The molecule has 1 unspecified atom stereocenters. The summed E-state index contributed by atoms with van der Waals surface area (Å²) in [7, 11) is 1.86. The number of likely N-dealkylation sites (tertiary alicyclic amines) is 1. The van der Waals surface area contributed by atoms with E-state index >= 15 is 0 Å². The van der Waals surface area contributed by atoms with Crippen LogP contribution in [0.3, 0.4) is 0 Å². The molecule has 1 aromatic carbocycles. The highest BCUT2D eigenvalue weighted by atomic mass is 127. The molecule has 2 saturated heterocycles. The lowest BCUT2D eigenvalue weighted by Crippen LogP contribution is -2.47. The van der Waals surface area contributed by atoms with Crippen molar-refractivity contribution in [2.75, 3.05) is 39.9 Å². The van der Waals surface area contributed by atoms with Gasteiger partial charge in [0.05, 0.1) is 24.5 Å². The molecule has 2 aliphatic heterocycles. The third-order valence-electron chi connectivity index (χ3n) is 5.98.